The first-order chi connectivity index (χ1) is 15.7. The Morgan fingerprint density at radius 2 is 1.79 bits per heavy atom. The maximum Gasteiger partial charge on any atom is 0.274 e. The number of nitrogens with zero attached hydrogens (tertiary/aromatic N) is 1. The van der Waals surface area contributed by atoms with Gasteiger partial charge in [-0.3, -0.25) is 9.59 Å². The van der Waals surface area contributed by atoms with Crippen LogP contribution in [0.15, 0.2) is 47.4 Å². The second-order valence-corrected chi connectivity index (χ2v) is 8.30. The average Bonchev–Trinajstić information content (AvgIpc) is 3.19. The molecule has 7 heteroatoms. The molecule has 0 spiro atoms. The van der Waals surface area contributed by atoms with Gasteiger partial charge in [0.05, 0.1) is 0 Å². The highest BCUT2D eigenvalue weighted by atomic mass is 19.1. The number of hydrogen-bond donors (Lipinski definition) is 2. The molecule has 1 amide bonds. The third-order valence-corrected chi connectivity index (χ3v) is 5.55. The Balaban J connectivity index is 1.85. The van der Waals surface area contributed by atoms with E-state index in [2.05, 4.69) is 10.3 Å². The van der Waals surface area contributed by atoms with Crippen LogP contribution in [0.3, 0.4) is 0 Å². The van der Waals surface area contributed by atoms with Crippen molar-refractivity contribution in [3.63, 3.8) is 0 Å². The van der Waals surface area contributed by atoms with E-state index in [1.807, 2.05) is 32.0 Å². The highest BCUT2D eigenvalue weighted by Crippen LogP contribution is 2.35. The van der Waals surface area contributed by atoms with Gasteiger partial charge in [0.15, 0.2) is 0 Å². The van der Waals surface area contributed by atoms with Crippen molar-refractivity contribution < 1.29 is 13.9 Å². The van der Waals surface area contributed by atoms with Crippen molar-refractivity contribution in [3.05, 3.63) is 81.2 Å². The predicted octanol–water partition coefficient (Wildman–Crippen LogP) is 5.14. The van der Waals surface area contributed by atoms with Crippen molar-refractivity contribution >= 4 is 16.8 Å². The first-order valence-electron chi connectivity index (χ1n) is 10.7. The van der Waals surface area contributed by atoms with Crippen LogP contribution in [-0.2, 0) is 7.05 Å². The lowest BCUT2D eigenvalue weighted by Gasteiger charge is -2.14. The maximum absolute atomic E-state index is 13.7. The fraction of sp³-hybridized carbons (Fsp3) is 0.231. The standard InChI is InChI=1S/C26H26FN3O3/c1-6-28-25(31)22-12-20-21(13-30(5)26(32)23(20)29-22)17-7-14(2)8-19(11-17)33-24-15(3)9-18(27)10-16(24)4/h7-13,29H,6H2,1-5H3,(H,28,31). The molecule has 170 valence electrons. The van der Waals surface area contributed by atoms with Crippen LogP contribution in [0.2, 0.25) is 0 Å². The summed E-state index contributed by atoms with van der Waals surface area (Å²) in [5.41, 5.74) is 4.48. The highest BCUT2D eigenvalue weighted by Gasteiger charge is 2.17. The fourth-order valence-electron chi connectivity index (χ4n) is 4.08. The van der Waals surface area contributed by atoms with Crippen LogP contribution in [0, 0.1) is 26.6 Å². The van der Waals surface area contributed by atoms with Crippen LogP contribution in [-0.4, -0.2) is 22.0 Å². The Bertz CT molecular complexity index is 1430. The molecule has 0 bridgehead atoms. The SMILES string of the molecule is CCNC(=O)c1cc2c(-c3cc(C)cc(Oc4c(C)cc(F)cc4C)c3)cn(C)c(=O)c2[nH]1. The minimum Gasteiger partial charge on any atom is -0.457 e. The number of aromatic amines is 1. The molecule has 4 aromatic rings. The zero-order chi connectivity index (χ0) is 23.9. The maximum atomic E-state index is 13.7. The zero-order valence-electron chi connectivity index (χ0n) is 19.3. The molecule has 0 saturated carbocycles. The number of pyridine rings is 1. The smallest absolute Gasteiger partial charge is 0.274 e. The van der Waals surface area contributed by atoms with E-state index in [-0.39, 0.29) is 17.3 Å². The van der Waals surface area contributed by atoms with Crippen molar-refractivity contribution in [3.8, 4) is 22.6 Å². The zero-order valence-corrected chi connectivity index (χ0v) is 19.3. The monoisotopic (exact) mass is 447 g/mol. The van der Waals surface area contributed by atoms with Gasteiger partial charge in [0.1, 0.15) is 28.5 Å². The van der Waals surface area contributed by atoms with Crippen LogP contribution in [0.5, 0.6) is 11.5 Å². The van der Waals surface area contributed by atoms with E-state index in [9.17, 15) is 14.0 Å². The summed E-state index contributed by atoms with van der Waals surface area (Å²) in [6, 6.07) is 10.4. The molecular weight excluding hydrogens is 421 g/mol. The van der Waals surface area contributed by atoms with Crippen molar-refractivity contribution in [2.75, 3.05) is 6.54 Å². The van der Waals surface area contributed by atoms with Gasteiger partial charge in [0, 0.05) is 30.7 Å². The van der Waals surface area contributed by atoms with Crippen molar-refractivity contribution in [2.45, 2.75) is 27.7 Å². The number of fused-ring (bicyclic) bond motifs is 1. The molecule has 2 aromatic heterocycles. The Kier molecular flexibility index (Phi) is 5.80. The van der Waals surface area contributed by atoms with E-state index in [1.54, 1.807) is 33.2 Å². The Morgan fingerprint density at radius 1 is 1.09 bits per heavy atom. The number of carbonyl (C=O) groups is 1. The molecule has 0 saturated heterocycles. The van der Waals surface area contributed by atoms with E-state index in [0.29, 0.717) is 45.8 Å². The number of nitrogens with one attached hydrogen (secondary N) is 2. The molecule has 0 aliphatic heterocycles. The minimum atomic E-state index is -0.301. The van der Waals surface area contributed by atoms with Crippen LogP contribution in [0.4, 0.5) is 4.39 Å². The molecule has 0 atom stereocenters. The van der Waals surface area contributed by atoms with Gasteiger partial charge in [0.25, 0.3) is 11.5 Å². The Hall–Kier alpha value is -3.87. The van der Waals surface area contributed by atoms with Gasteiger partial charge in [-0.25, -0.2) is 4.39 Å². The highest BCUT2D eigenvalue weighted by molar-refractivity contribution is 6.02. The molecule has 2 heterocycles. The Labute approximate surface area is 191 Å². The lowest BCUT2D eigenvalue weighted by Crippen LogP contribution is -2.23. The second-order valence-electron chi connectivity index (χ2n) is 8.30. The molecule has 0 unspecified atom stereocenters. The van der Waals surface area contributed by atoms with Crippen molar-refractivity contribution in [1.82, 2.24) is 14.9 Å². The fourth-order valence-corrected chi connectivity index (χ4v) is 4.08. The number of hydrogen-bond acceptors (Lipinski definition) is 3. The molecule has 0 radical (unpaired) electrons. The van der Waals surface area contributed by atoms with Gasteiger partial charge < -0.3 is 19.6 Å². The van der Waals surface area contributed by atoms with Gasteiger partial charge in [0.2, 0.25) is 0 Å². The third-order valence-electron chi connectivity index (χ3n) is 5.55. The predicted molar refractivity (Wildman–Crippen MR) is 128 cm³/mol. The normalized spacial score (nSPS) is 11.1. The summed E-state index contributed by atoms with van der Waals surface area (Å²) in [5.74, 6) is 0.644. The van der Waals surface area contributed by atoms with Crippen LogP contribution in [0.25, 0.3) is 22.0 Å². The van der Waals surface area contributed by atoms with Crippen molar-refractivity contribution in [2.24, 2.45) is 7.05 Å². The van der Waals surface area contributed by atoms with Gasteiger partial charge in [-0.15, -0.1) is 0 Å². The van der Waals surface area contributed by atoms with E-state index in [0.717, 1.165) is 16.7 Å². The molecule has 2 N–H and O–H groups in total. The molecule has 6 nitrogen and oxygen atoms in total. The molecule has 0 aliphatic rings. The van der Waals surface area contributed by atoms with E-state index in [4.69, 9.17) is 4.74 Å². The number of H-pyrrole nitrogens is 1. The topological polar surface area (TPSA) is 76.1 Å². The average molecular weight is 448 g/mol. The van der Waals surface area contributed by atoms with Gasteiger partial charge in [-0.05, 0) is 80.3 Å². The molecule has 4 rings (SSSR count). The second kappa shape index (κ2) is 8.58. The quantitative estimate of drug-likeness (QED) is 0.445. The minimum absolute atomic E-state index is 0.217. The number of carbonyl (C=O) groups excluding carboxylic acids is 1. The number of rotatable bonds is 5. The number of halogens is 1. The molecule has 2 aromatic carbocycles. The molecule has 0 fully saturated rings. The lowest BCUT2D eigenvalue weighted by molar-refractivity contribution is 0.0951. The van der Waals surface area contributed by atoms with Gasteiger partial charge >= 0.3 is 0 Å². The third kappa shape index (κ3) is 4.26. The van der Waals surface area contributed by atoms with Crippen LogP contribution >= 0.6 is 0 Å². The molecule has 33 heavy (non-hydrogen) atoms. The first-order valence-corrected chi connectivity index (χ1v) is 10.7. The Morgan fingerprint density at radius 3 is 2.45 bits per heavy atom. The van der Waals surface area contributed by atoms with Crippen LogP contribution < -0.4 is 15.6 Å². The van der Waals surface area contributed by atoms with Gasteiger partial charge in [-0.1, -0.05) is 6.07 Å². The number of benzene rings is 2. The first kappa shape index (κ1) is 22.3. The summed E-state index contributed by atoms with van der Waals surface area (Å²) in [4.78, 5) is 28.1. The molecular formula is C26H26FN3O3. The lowest BCUT2D eigenvalue weighted by atomic mass is 10.0. The number of aromatic nitrogens is 2. The van der Waals surface area contributed by atoms with E-state index < -0.39 is 0 Å². The van der Waals surface area contributed by atoms with Crippen molar-refractivity contribution in [1.29, 1.82) is 0 Å². The van der Waals surface area contributed by atoms with Gasteiger partial charge in [-0.2, -0.15) is 0 Å². The summed E-state index contributed by atoms with van der Waals surface area (Å²) < 4.78 is 21.4. The summed E-state index contributed by atoms with van der Waals surface area (Å²) in [6.07, 6.45) is 1.76. The molecule has 0 aliphatic carbocycles. The van der Waals surface area contributed by atoms with Crippen LogP contribution in [0.1, 0.15) is 34.1 Å². The number of aryl methyl sites for hydroxylation is 4. The number of ether oxygens (including phenoxy) is 1. The largest absolute Gasteiger partial charge is 0.457 e. The summed E-state index contributed by atoms with van der Waals surface area (Å²) in [5, 5.41) is 3.41. The number of amides is 1. The van der Waals surface area contributed by atoms with E-state index >= 15 is 0 Å². The summed E-state index contributed by atoms with van der Waals surface area (Å²) in [7, 11) is 1.68. The van der Waals surface area contributed by atoms with E-state index in [1.165, 1.54) is 16.7 Å². The summed E-state index contributed by atoms with van der Waals surface area (Å²) in [6.45, 7) is 7.89. The summed E-state index contributed by atoms with van der Waals surface area (Å²) >= 11 is 0.